The van der Waals surface area contributed by atoms with Crippen molar-refractivity contribution in [2.24, 2.45) is 5.92 Å². The number of amides is 1. The highest BCUT2D eigenvalue weighted by Gasteiger charge is 2.35. The first-order chi connectivity index (χ1) is 14.2. The van der Waals surface area contributed by atoms with Crippen molar-refractivity contribution in [2.75, 3.05) is 6.54 Å². The van der Waals surface area contributed by atoms with Crippen LogP contribution in [0, 0.1) is 5.92 Å². The highest BCUT2D eigenvalue weighted by molar-refractivity contribution is 7.12. The summed E-state index contributed by atoms with van der Waals surface area (Å²) >= 11 is 7.26. The smallest absolute Gasteiger partial charge is 0.328 e. The van der Waals surface area contributed by atoms with Crippen molar-refractivity contribution in [1.82, 2.24) is 24.6 Å². The van der Waals surface area contributed by atoms with Gasteiger partial charge in [0, 0.05) is 28.7 Å². The summed E-state index contributed by atoms with van der Waals surface area (Å²) in [6, 6.07) is 2.38. The lowest BCUT2D eigenvalue weighted by atomic mass is 10.1. The van der Waals surface area contributed by atoms with Gasteiger partial charge in [0.2, 0.25) is 5.13 Å². The molecule has 0 radical (unpaired) electrons. The topological polar surface area (TPSA) is 63.9 Å². The Morgan fingerprint density at radius 1 is 1.33 bits per heavy atom. The average molecular weight is 456 g/mol. The van der Waals surface area contributed by atoms with Crippen LogP contribution in [0.2, 0.25) is 5.02 Å². The fourth-order valence-corrected chi connectivity index (χ4v) is 4.02. The van der Waals surface area contributed by atoms with Gasteiger partial charge in [-0.1, -0.05) is 11.6 Å². The lowest BCUT2D eigenvalue weighted by Crippen LogP contribution is -2.36. The summed E-state index contributed by atoms with van der Waals surface area (Å²) in [7, 11) is 0. The maximum absolute atomic E-state index is 13.3. The van der Waals surface area contributed by atoms with Crippen LogP contribution in [0.5, 0.6) is 0 Å². The zero-order chi connectivity index (χ0) is 21.5. The van der Waals surface area contributed by atoms with Gasteiger partial charge in [-0.25, -0.2) is 9.97 Å². The molecule has 3 aromatic rings. The van der Waals surface area contributed by atoms with Crippen molar-refractivity contribution >= 4 is 28.8 Å². The zero-order valence-corrected chi connectivity index (χ0v) is 17.4. The third-order valence-electron chi connectivity index (χ3n) is 4.90. The van der Waals surface area contributed by atoms with E-state index in [0.29, 0.717) is 23.4 Å². The van der Waals surface area contributed by atoms with E-state index in [0.717, 1.165) is 25.0 Å². The van der Waals surface area contributed by atoms with E-state index in [4.69, 9.17) is 11.6 Å². The third kappa shape index (κ3) is 4.34. The molecule has 0 aliphatic heterocycles. The Bertz CT molecular complexity index is 1050. The zero-order valence-electron chi connectivity index (χ0n) is 15.8. The van der Waals surface area contributed by atoms with E-state index in [1.807, 2.05) is 0 Å². The van der Waals surface area contributed by atoms with Gasteiger partial charge >= 0.3 is 6.18 Å². The quantitative estimate of drug-likeness (QED) is 0.524. The molecule has 1 aliphatic carbocycles. The van der Waals surface area contributed by atoms with E-state index >= 15 is 0 Å². The Hall–Kier alpha value is -2.46. The molecule has 1 amide bonds. The van der Waals surface area contributed by atoms with Crippen LogP contribution in [0.3, 0.4) is 0 Å². The molecule has 0 saturated heterocycles. The SMILES string of the molecule is CC(c1ncnn1-c1nccs1)N(CC1CC1)C(=O)c1cc(Cl)cc(C(F)(F)F)c1. The maximum atomic E-state index is 13.3. The summed E-state index contributed by atoms with van der Waals surface area (Å²) in [5.74, 6) is 0.266. The number of hydrogen-bond acceptors (Lipinski definition) is 5. The van der Waals surface area contributed by atoms with Gasteiger partial charge in [-0.05, 0) is 43.9 Å². The Labute approximate surface area is 179 Å². The van der Waals surface area contributed by atoms with Crippen LogP contribution < -0.4 is 0 Å². The van der Waals surface area contributed by atoms with Crippen molar-refractivity contribution in [3.63, 3.8) is 0 Å². The second-order valence-electron chi connectivity index (χ2n) is 7.15. The van der Waals surface area contributed by atoms with Gasteiger partial charge in [0.05, 0.1) is 11.6 Å². The van der Waals surface area contributed by atoms with Gasteiger partial charge in [-0.3, -0.25) is 4.79 Å². The van der Waals surface area contributed by atoms with Gasteiger partial charge in [0.25, 0.3) is 5.91 Å². The van der Waals surface area contributed by atoms with E-state index in [1.165, 1.54) is 28.6 Å². The molecule has 2 aromatic heterocycles. The molecule has 1 aromatic carbocycles. The monoisotopic (exact) mass is 455 g/mol. The number of thiazole rings is 1. The highest BCUT2D eigenvalue weighted by Crippen LogP contribution is 2.36. The minimum atomic E-state index is -4.60. The standard InChI is InChI=1S/C19H17ClF3N5OS/c1-11(16-25-10-26-28(16)18-24-4-5-30-18)27(9-12-2-3-12)17(29)13-6-14(19(21,22)23)8-15(20)7-13/h4-8,10-12H,2-3,9H2,1H3. The first-order valence-corrected chi connectivity index (χ1v) is 10.5. The number of aromatic nitrogens is 4. The number of rotatable bonds is 6. The minimum Gasteiger partial charge on any atom is -0.328 e. The van der Waals surface area contributed by atoms with E-state index in [2.05, 4.69) is 15.1 Å². The van der Waals surface area contributed by atoms with Crippen LogP contribution >= 0.6 is 22.9 Å². The summed E-state index contributed by atoms with van der Waals surface area (Å²) < 4.78 is 41.2. The minimum absolute atomic E-state index is 0.109. The number of hydrogen-bond donors (Lipinski definition) is 0. The molecule has 1 unspecified atom stereocenters. The molecule has 30 heavy (non-hydrogen) atoms. The largest absolute Gasteiger partial charge is 0.416 e. The Kier molecular flexibility index (Phi) is 5.54. The molecule has 0 N–H and O–H groups in total. The van der Waals surface area contributed by atoms with E-state index < -0.39 is 23.7 Å². The first-order valence-electron chi connectivity index (χ1n) is 9.22. The molecule has 158 valence electrons. The number of alkyl halides is 3. The molecule has 2 heterocycles. The maximum Gasteiger partial charge on any atom is 0.416 e. The number of carbonyl (C=O) groups is 1. The van der Waals surface area contributed by atoms with Gasteiger partial charge in [0.15, 0.2) is 5.82 Å². The first kappa shape index (κ1) is 20.8. The van der Waals surface area contributed by atoms with Crippen molar-refractivity contribution in [2.45, 2.75) is 32.0 Å². The molecule has 0 spiro atoms. The van der Waals surface area contributed by atoms with Gasteiger partial charge < -0.3 is 4.90 Å². The van der Waals surface area contributed by atoms with Crippen molar-refractivity contribution < 1.29 is 18.0 Å². The molecular formula is C19H17ClF3N5OS. The summed E-state index contributed by atoms with van der Waals surface area (Å²) in [4.78, 5) is 23.4. The van der Waals surface area contributed by atoms with Gasteiger partial charge in [0.1, 0.15) is 6.33 Å². The van der Waals surface area contributed by atoms with Crippen LogP contribution in [0.1, 0.15) is 47.6 Å². The van der Waals surface area contributed by atoms with Crippen molar-refractivity contribution in [3.8, 4) is 5.13 Å². The molecule has 4 rings (SSSR count). The van der Waals surface area contributed by atoms with E-state index in [-0.39, 0.29) is 10.6 Å². The molecule has 1 saturated carbocycles. The molecule has 11 heteroatoms. The molecule has 1 atom stereocenters. The molecule has 1 aliphatic rings. The normalized spacial score (nSPS) is 15.2. The number of halogens is 4. The van der Waals surface area contributed by atoms with Crippen LogP contribution in [-0.4, -0.2) is 37.1 Å². The summed E-state index contributed by atoms with van der Waals surface area (Å²) in [6.45, 7) is 2.20. The van der Waals surface area contributed by atoms with Crippen LogP contribution in [0.4, 0.5) is 13.2 Å². The van der Waals surface area contributed by atoms with E-state index in [9.17, 15) is 18.0 Å². The Morgan fingerprint density at radius 2 is 2.10 bits per heavy atom. The number of benzene rings is 1. The predicted molar refractivity (Wildman–Crippen MR) is 106 cm³/mol. The van der Waals surface area contributed by atoms with Crippen LogP contribution in [-0.2, 0) is 6.18 Å². The van der Waals surface area contributed by atoms with Crippen molar-refractivity contribution in [1.29, 1.82) is 0 Å². The number of nitrogens with zero attached hydrogens (tertiary/aromatic N) is 5. The fraction of sp³-hybridized carbons (Fsp3) is 0.368. The molecule has 1 fully saturated rings. The number of carbonyl (C=O) groups excluding carboxylic acids is 1. The second kappa shape index (κ2) is 7.99. The Morgan fingerprint density at radius 3 is 2.73 bits per heavy atom. The third-order valence-corrected chi connectivity index (χ3v) is 5.87. The highest BCUT2D eigenvalue weighted by atomic mass is 35.5. The van der Waals surface area contributed by atoms with Crippen LogP contribution in [0.25, 0.3) is 5.13 Å². The second-order valence-corrected chi connectivity index (χ2v) is 8.46. The Balaban J connectivity index is 1.69. The van der Waals surface area contributed by atoms with Gasteiger partial charge in [-0.15, -0.1) is 11.3 Å². The fourth-order valence-electron chi connectivity index (χ4n) is 3.18. The van der Waals surface area contributed by atoms with Crippen LogP contribution in [0.15, 0.2) is 36.1 Å². The summed E-state index contributed by atoms with van der Waals surface area (Å²) in [6.07, 6.45) is 0.345. The van der Waals surface area contributed by atoms with Crippen molar-refractivity contribution in [3.05, 3.63) is 58.1 Å². The lowest BCUT2D eigenvalue weighted by Gasteiger charge is -2.29. The lowest BCUT2D eigenvalue weighted by molar-refractivity contribution is -0.137. The molecule has 6 nitrogen and oxygen atoms in total. The van der Waals surface area contributed by atoms with Gasteiger partial charge in [-0.2, -0.15) is 23.0 Å². The average Bonchev–Trinajstić information content (AvgIpc) is 3.15. The predicted octanol–water partition coefficient (Wildman–Crippen LogP) is 5.01. The van der Waals surface area contributed by atoms with E-state index in [1.54, 1.807) is 23.2 Å². The molecular weight excluding hydrogens is 439 g/mol. The summed E-state index contributed by atoms with van der Waals surface area (Å²) in [5.41, 5.74) is -1.06. The summed E-state index contributed by atoms with van der Waals surface area (Å²) in [5, 5.41) is 6.44. The molecule has 0 bridgehead atoms.